The lowest BCUT2D eigenvalue weighted by Gasteiger charge is -2.44. The highest BCUT2D eigenvalue weighted by Gasteiger charge is 2.45. The van der Waals surface area contributed by atoms with E-state index >= 15 is 0 Å². The van der Waals surface area contributed by atoms with Crippen molar-refractivity contribution in [3.05, 3.63) is 0 Å². The molecule has 5 heteroatoms. The number of carbonyl (C=O) groups excluding carboxylic acids is 1. The Balaban J connectivity index is 1.79. The quantitative estimate of drug-likeness (QED) is 0.785. The predicted molar refractivity (Wildman–Crippen MR) is 71.5 cm³/mol. The highest BCUT2D eigenvalue weighted by atomic mass is 16.4. The molecule has 3 N–H and O–H groups in total. The third-order valence-corrected chi connectivity index (χ3v) is 4.82. The average Bonchev–Trinajstić information content (AvgIpc) is 2.36. The van der Waals surface area contributed by atoms with E-state index < -0.39 is 5.97 Å². The first kappa shape index (κ1) is 14.3. The largest absolute Gasteiger partial charge is 0.481 e. The number of carboxylic acid groups (broad SMARTS) is 1. The van der Waals surface area contributed by atoms with Crippen LogP contribution in [0.2, 0.25) is 0 Å². The fourth-order valence-electron chi connectivity index (χ4n) is 3.20. The Bertz CT molecular complexity index is 339. The Labute approximate surface area is 114 Å². The summed E-state index contributed by atoms with van der Waals surface area (Å²) in [7, 11) is 0. The Kier molecular flexibility index (Phi) is 4.45. The van der Waals surface area contributed by atoms with Crippen LogP contribution in [0.1, 0.15) is 44.9 Å². The molecule has 1 saturated heterocycles. The first-order chi connectivity index (χ1) is 9.07. The zero-order valence-electron chi connectivity index (χ0n) is 11.4. The van der Waals surface area contributed by atoms with Gasteiger partial charge < -0.3 is 15.7 Å². The van der Waals surface area contributed by atoms with Crippen molar-refractivity contribution < 1.29 is 14.7 Å². The Morgan fingerprint density at radius 1 is 1.26 bits per heavy atom. The van der Waals surface area contributed by atoms with Crippen molar-refractivity contribution in [2.45, 2.75) is 44.9 Å². The molecule has 0 radical (unpaired) electrons. The van der Waals surface area contributed by atoms with Crippen LogP contribution in [-0.4, -0.2) is 41.5 Å². The lowest BCUT2D eigenvalue weighted by molar-refractivity contribution is -0.148. The number of hydrogen-bond donors (Lipinski definition) is 2. The highest BCUT2D eigenvalue weighted by molar-refractivity contribution is 5.84. The number of rotatable bonds is 5. The zero-order chi connectivity index (χ0) is 13.9. The SMILES string of the molecule is NCC1(C(=O)N2CCC(CCC(=O)O)CC2)CCC1. The Hall–Kier alpha value is -1.10. The Morgan fingerprint density at radius 2 is 1.89 bits per heavy atom. The molecule has 5 nitrogen and oxygen atoms in total. The molecule has 2 aliphatic rings. The average molecular weight is 268 g/mol. The number of amides is 1. The van der Waals surface area contributed by atoms with Crippen LogP contribution in [-0.2, 0) is 9.59 Å². The molecule has 0 atom stereocenters. The minimum absolute atomic E-state index is 0.234. The molecule has 0 spiro atoms. The number of nitrogens with two attached hydrogens (primary N) is 1. The Morgan fingerprint density at radius 3 is 2.32 bits per heavy atom. The minimum atomic E-state index is -0.727. The van der Waals surface area contributed by atoms with E-state index in [0.29, 0.717) is 12.5 Å². The van der Waals surface area contributed by atoms with Gasteiger partial charge in [-0.15, -0.1) is 0 Å². The van der Waals surface area contributed by atoms with Gasteiger partial charge in [0.2, 0.25) is 5.91 Å². The van der Waals surface area contributed by atoms with Crippen molar-refractivity contribution in [1.82, 2.24) is 4.90 Å². The van der Waals surface area contributed by atoms with E-state index in [1.54, 1.807) is 0 Å². The summed E-state index contributed by atoms with van der Waals surface area (Å²) in [5.41, 5.74) is 5.50. The normalized spacial score (nSPS) is 22.9. The molecule has 0 bridgehead atoms. The van der Waals surface area contributed by atoms with Gasteiger partial charge in [0.25, 0.3) is 0 Å². The van der Waals surface area contributed by atoms with Crippen LogP contribution in [0, 0.1) is 11.3 Å². The number of carboxylic acids is 1. The maximum absolute atomic E-state index is 12.5. The van der Waals surface area contributed by atoms with Crippen molar-refractivity contribution in [3.63, 3.8) is 0 Å². The molecule has 0 unspecified atom stereocenters. The van der Waals surface area contributed by atoms with Gasteiger partial charge in [-0.2, -0.15) is 0 Å². The molecule has 2 rings (SSSR count). The molecule has 0 aromatic rings. The molecule has 2 fully saturated rings. The van der Waals surface area contributed by atoms with Gasteiger partial charge in [-0.1, -0.05) is 6.42 Å². The summed E-state index contributed by atoms with van der Waals surface area (Å²) in [6.07, 6.45) is 5.81. The summed E-state index contributed by atoms with van der Waals surface area (Å²) < 4.78 is 0. The summed E-state index contributed by atoms with van der Waals surface area (Å²) in [4.78, 5) is 25.0. The highest BCUT2D eigenvalue weighted by Crippen LogP contribution is 2.42. The zero-order valence-corrected chi connectivity index (χ0v) is 11.4. The maximum Gasteiger partial charge on any atom is 0.303 e. The van der Waals surface area contributed by atoms with Gasteiger partial charge in [0, 0.05) is 26.1 Å². The third kappa shape index (κ3) is 3.08. The van der Waals surface area contributed by atoms with Crippen LogP contribution in [0.15, 0.2) is 0 Å². The van der Waals surface area contributed by atoms with Gasteiger partial charge in [0.1, 0.15) is 0 Å². The number of nitrogens with zero attached hydrogens (tertiary/aromatic N) is 1. The van der Waals surface area contributed by atoms with E-state index in [-0.39, 0.29) is 17.7 Å². The number of piperidine rings is 1. The molecule has 0 aromatic carbocycles. The molecule has 1 saturated carbocycles. The summed E-state index contributed by atoms with van der Waals surface area (Å²) in [5, 5.41) is 8.68. The van der Waals surface area contributed by atoms with Gasteiger partial charge in [0.15, 0.2) is 0 Å². The van der Waals surface area contributed by atoms with Crippen LogP contribution in [0.5, 0.6) is 0 Å². The second-order valence-electron chi connectivity index (χ2n) is 6.01. The summed E-state index contributed by atoms with van der Waals surface area (Å²) in [5.74, 6) is -0.0386. The van der Waals surface area contributed by atoms with E-state index in [4.69, 9.17) is 10.8 Å². The van der Waals surface area contributed by atoms with Gasteiger partial charge in [-0.3, -0.25) is 9.59 Å². The van der Waals surface area contributed by atoms with E-state index in [1.165, 1.54) is 0 Å². The fraction of sp³-hybridized carbons (Fsp3) is 0.857. The monoisotopic (exact) mass is 268 g/mol. The van der Waals surface area contributed by atoms with E-state index in [2.05, 4.69) is 0 Å². The number of hydrogen-bond acceptors (Lipinski definition) is 3. The smallest absolute Gasteiger partial charge is 0.303 e. The summed E-state index contributed by atoms with van der Waals surface area (Å²) >= 11 is 0. The lowest BCUT2D eigenvalue weighted by atomic mass is 9.67. The second-order valence-corrected chi connectivity index (χ2v) is 6.01. The van der Waals surface area contributed by atoms with E-state index in [1.807, 2.05) is 4.90 Å². The van der Waals surface area contributed by atoms with Crippen LogP contribution in [0.4, 0.5) is 0 Å². The first-order valence-corrected chi connectivity index (χ1v) is 7.29. The van der Waals surface area contributed by atoms with Crippen molar-refractivity contribution in [2.24, 2.45) is 17.1 Å². The molecule has 1 aliphatic heterocycles. The van der Waals surface area contributed by atoms with Gasteiger partial charge >= 0.3 is 5.97 Å². The topological polar surface area (TPSA) is 83.6 Å². The van der Waals surface area contributed by atoms with Crippen molar-refractivity contribution in [2.75, 3.05) is 19.6 Å². The molecule has 1 amide bonds. The van der Waals surface area contributed by atoms with Crippen molar-refractivity contribution in [1.29, 1.82) is 0 Å². The van der Waals surface area contributed by atoms with Gasteiger partial charge in [-0.25, -0.2) is 0 Å². The minimum Gasteiger partial charge on any atom is -0.481 e. The van der Waals surface area contributed by atoms with Crippen molar-refractivity contribution in [3.8, 4) is 0 Å². The summed E-state index contributed by atoms with van der Waals surface area (Å²) in [6, 6.07) is 0. The molecular weight excluding hydrogens is 244 g/mol. The number of carbonyl (C=O) groups is 2. The third-order valence-electron chi connectivity index (χ3n) is 4.82. The van der Waals surface area contributed by atoms with Crippen LogP contribution in [0.3, 0.4) is 0 Å². The van der Waals surface area contributed by atoms with Crippen LogP contribution < -0.4 is 5.73 Å². The molecule has 108 valence electrons. The fourth-order valence-corrected chi connectivity index (χ4v) is 3.20. The predicted octanol–water partition coefficient (Wildman–Crippen LogP) is 1.22. The van der Waals surface area contributed by atoms with Crippen LogP contribution in [0.25, 0.3) is 0 Å². The number of likely N-dealkylation sites (tertiary alicyclic amines) is 1. The first-order valence-electron chi connectivity index (χ1n) is 7.29. The van der Waals surface area contributed by atoms with Gasteiger partial charge in [-0.05, 0) is 38.0 Å². The maximum atomic E-state index is 12.5. The molecule has 19 heavy (non-hydrogen) atoms. The second kappa shape index (κ2) is 5.90. The standard InChI is InChI=1S/C14H24N2O3/c15-10-14(6-1-7-14)13(19)16-8-4-11(5-9-16)2-3-12(17)18/h11H,1-10,15H2,(H,17,18). The summed E-state index contributed by atoms with van der Waals surface area (Å²) in [6.45, 7) is 2.00. The van der Waals surface area contributed by atoms with E-state index in [9.17, 15) is 9.59 Å². The molecule has 1 aliphatic carbocycles. The molecular formula is C14H24N2O3. The van der Waals surface area contributed by atoms with E-state index in [0.717, 1.165) is 51.6 Å². The lowest BCUT2D eigenvalue weighted by Crippen LogP contribution is -2.53. The van der Waals surface area contributed by atoms with Crippen LogP contribution >= 0.6 is 0 Å². The van der Waals surface area contributed by atoms with Crippen molar-refractivity contribution >= 4 is 11.9 Å². The number of aliphatic carboxylic acids is 1. The molecule has 0 aromatic heterocycles. The van der Waals surface area contributed by atoms with Gasteiger partial charge in [0.05, 0.1) is 5.41 Å². The molecule has 1 heterocycles.